The number of carbonyl (C=O) groups is 2. The van der Waals surface area contributed by atoms with E-state index in [0.717, 1.165) is 5.56 Å². The van der Waals surface area contributed by atoms with E-state index in [2.05, 4.69) is 20.7 Å². The molecule has 0 heterocycles. The van der Waals surface area contributed by atoms with E-state index in [9.17, 15) is 9.59 Å². The van der Waals surface area contributed by atoms with Crippen LogP contribution in [0.3, 0.4) is 0 Å². The maximum absolute atomic E-state index is 10.5. The summed E-state index contributed by atoms with van der Waals surface area (Å²) < 4.78 is 4.40. The highest BCUT2D eigenvalue weighted by molar-refractivity contribution is 9.10. The molecule has 0 radical (unpaired) electrons. The van der Waals surface area contributed by atoms with E-state index in [1.165, 1.54) is 6.92 Å². The number of benzene rings is 1. The number of alkyl halides is 1. The molecule has 0 aliphatic heterocycles. The van der Waals surface area contributed by atoms with Gasteiger partial charge in [0.1, 0.15) is 4.83 Å². The van der Waals surface area contributed by atoms with Crippen LogP contribution < -0.4 is 0 Å². The first kappa shape index (κ1) is 16.6. The Balaban J connectivity index is 0.000000411. The van der Waals surface area contributed by atoms with Gasteiger partial charge in [-0.05, 0) is 18.9 Å². The van der Waals surface area contributed by atoms with Gasteiger partial charge >= 0.3 is 11.9 Å². The van der Waals surface area contributed by atoms with Gasteiger partial charge in [0.2, 0.25) is 0 Å². The molecule has 100 valence electrons. The fourth-order valence-corrected chi connectivity index (χ4v) is 1.49. The number of rotatable bonds is 4. The maximum atomic E-state index is 10.5. The minimum atomic E-state index is -0.821. The van der Waals surface area contributed by atoms with E-state index in [-0.39, 0.29) is 5.97 Å². The largest absolute Gasteiger partial charge is 0.480 e. The summed E-state index contributed by atoms with van der Waals surface area (Å²) in [6, 6.07) is 9.54. The zero-order valence-electron chi connectivity index (χ0n) is 10.4. The Labute approximate surface area is 115 Å². The fourth-order valence-electron chi connectivity index (χ4n) is 1.11. The molecule has 4 nitrogen and oxygen atoms in total. The van der Waals surface area contributed by atoms with Crippen LogP contribution in [0.4, 0.5) is 0 Å². The van der Waals surface area contributed by atoms with Crippen molar-refractivity contribution in [3.63, 3.8) is 0 Å². The molecule has 0 aromatic heterocycles. The lowest BCUT2D eigenvalue weighted by molar-refractivity contribution is -0.140. The van der Waals surface area contributed by atoms with Crippen molar-refractivity contribution in [3.05, 3.63) is 35.9 Å². The predicted molar refractivity (Wildman–Crippen MR) is 72.8 cm³/mol. The molecular formula is C13H17BrO4. The van der Waals surface area contributed by atoms with Crippen molar-refractivity contribution >= 4 is 27.9 Å². The van der Waals surface area contributed by atoms with Gasteiger partial charge in [-0.25, -0.2) is 0 Å². The normalized spacial score (nSPS) is 10.8. The van der Waals surface area contributed by atoms with Crippen molar-refractivity contribution in [1.82, 2.24) is 0 Å². The molecule has 1 aromatic rings. The van der Waals surface area contributed by atoms with Crippen molar-refractivity contribution in [1.29, 1.82) is 0 Å². The predicted octanol–water partition coefficient (Wildman–Crippen LogP) is 2.65. The van der Waals surface area contributed by atoms with Crippen LogP contribution in [-0.4, -0.2) is 28.5 Å². The van der Waals surface area contributed by atoms with Crippen LogP contribution in [0.5, 0.6) is 0 Å². The number of aliphatic carboxylic acids is 1. The van der Waals surface area contributed by atoms with Crippen LogP contribution in [-0.2, 0) is 20.7 Å². The van der Waals surface area contributed by atoms with Crippen molar-refractivity contribution in [2.24, 2.45) is 0 Å². The third-order valence-corrected chi connectivity index (χ3v) is 2.59. The van der Waals surface area contributed by atoms with Crippen molar-refractivity contribution in [3.8, 4) is 0 Å². The molecule has 1 rings (SSSR count). The number of carboxylic acids is 1. The molecule has 0 aliphatic rings. The molecule has 5 heteroatoms. The molecule has 0 saturated carbocycles. The Kier molecular flexibility index (Phi) is 8.92. The number of carboxylic acid groups (broad SMARTS) is 1. The first-order valence-corrected chi connectivity index (χ1v) is 6.43. The van der Waals surface area contributed by atoms with E-state index in [4.69, 9.17) is 5.11 Å². The molecule has 0 unspecified atom stereocenters. The molecule has 18 heavy (non-hydrogen) atoms. The van der Waals surface area contributed by atoms with Crippen LogP contribution in [0.25, 0.3) is 0 Å². The molecule has 1 N–H and O–H groups in total. The van der Waals surface area contributed by atoms with E-state index < -0.39 is 10.8 Å². The summed E-state index contributed by atoms with van der Waals surface area (Å²) in [7, 11) is 0. The van der Waals surface area contributed by atoms with Gasteiger partial charge < -0.3 is 9.84 Å². The third kappa shape index (κ3) is 8.75. The van der Waals surface area contributed by atoms with Gasteiger partial charge in [-0.3, -0.25) is 9.59 Å². The van der Waals surface area contributed by atoms with Gasteiger partial charge in [0.05, 0.1) is 6.61 Å². The van der Waals surface area contributed by atoms with Crippen molar-refractivity contribution < 1.29 is 19.4 Å². The van der Waals surface area contributed by atoms with Crippen molar-refractivity contribution in [2.45, 2.75) is 25.1 Å². The van der Waals surface area contributed by atoms with Crippen LogP contribution >= 0.6 is 15.9 Å². The zero-order chi connectivity index (χ0) is 14.0. The standard InChI is InChI=1S/C9H9BrO2.C4H8O2/c10-8(9(11)12)6-7-4-2-1-3-5-7;1-3-6-4(2)5/h1-5,8H,6H2,(H,11,12);3H2,1-2H3/t8-;/m1./s1. The van der Waals surface area contributed by atoms with Gasteiger partial charge in [-0.2, -0.15) is 0 Å². The Morgan fingerprint density at radius 1 is 1.33 bits per heavy atom. The SMILES string of the molecule is CCOC(C)=O.O=C(O)[C@H](Br)Cc1ccccc1. The lowest BCUT2D eigenvalue weighted by Gasteiger charge is -2.03. The van der Waals surface area contributed by atoms with E-state index >= 15 is 0 Å². The second-order valence-corrected chi connectivity index (χ2v) is 4.53. The van der Waals surface area contributed by atoms with Crippen molar-refractivity contribution in [2.75, 3.05) is 6.61 Å². The van der Waals surface area contributed by atoms with Crippen LogP contribution in [0.2, 0.25) is 0 Å². The quantitative estimate of drug-likeness (QED) is 0.685. The number of carbonyl (C=O) groups excluding carboxylic acids is 1. The van der Waals surface area contributed by atoms with E-state index in [1.807, 2.05) is 30.3 Å². The summed E-state index contributed by atoms with van der Waals surface area (Å²) in [5.74, 6) is -1.03. The molecule has 1 atom stereocenters. The summed E-state index contributed by atoms with van der Waals surface area (Å²) in [6.07, 6.45) is 0.524. The molecule has 0 aliphatic carbocycles. The highest BCUT2D eigenvalue weighted by Gasteiger charge is 2.12. The third-order valence-electron chi connectivity index (χ3n) is 1.87. The molecule has 1 aromatic carbocycles. The zero-order valence-corrected chi connectivity index (χ0v) is 12.0. The Hall–Kier alpha value is -1.36. The average Bonchev–Trinajstić information content (AvgIpc) is 2.30. The number of hydrogen-bond donors (Lipinski definition) is 1. The number of halogens is 1. The molecular weight excluding hydrogens is 300 g/mol. The van der Waals surface area contributed by atoms with Gasteiger partial charge in [-0.1, -0.05) is 46.3 Å². The minimum Gasteiger partial charge on any atom is -0.480 e. The molecule has 0 bridgehead atoms. The van der Waals surface area contributed by atoms with E-state index in [1.54, 1.807) is 6.92 Å². The lowest BCUT2D eigenvalue weighted by atomic mass is 10.1. The monoisotopic (exact) mass is 316 g/mol. The molecule has 0 spiro atoms. The molecule has 0 fully saturated rings. The Morgan fingerprint density at radius 2 is 1.89 bits per heavy atom. The second kappa shape index (κ2) is 9.65. The van der Waals surface area contributed by atoms with Gasteiger partial charge in [0.15, 0.2) is 0 Å². The topological polar surface area (TPSA) is 63.6 Å². The molecule has 0 amide bonds. The first-order valence-electron chi connectivity index (χ1n) is 5.51. The maximum Gasteiger partial charge on any atom is 0.317 e. The Morgan fingerprint density at radius 3 is 2.22 bits per heavy atom. The highest BCUT2D eigenvalue weighted by Crippen LogP contribution is 2.09. The number of esters is 1. The Bertz CT molecular complexity index is 365. The van der Waals surface area contributed by atoms with Gasteiger partial charge in [0.25, 0.3) is 0 Å². The van der Waals surface area contributed by atoms with Crippen LogP contribution in [0.15, 0.2) is 30.3 Å². The number of ether oxygens (including phenoxy) is 1. The van der Waals surface area contributed by atoms with E-state index in [0.29, 0.717) is 13.0 Å². The smallest absolute Gasteiger partial charge is 0.317 e. The average molecular weight is 317 g/mol. The minimum absolute atomic E-state index is 0.211. The van der Waals surface area contributed by atoms with Gasteiger partial charge in [-0.15, -0.1) is 0 Å². The molecule has 0 saturated heterocycles. The lowest BCUT2D eigenvalue weighted by Crippen LogP contribution is -2.15. The van der Waals surface area contributed by atoms with Crippen LogP contribution in [0, 0.1) is 0 Å². The summed E-state index contributed by atoms with van der Waals surface area (Å²) >= 11 is 3.08. The fraction of sp³-hybridized carbons (Fsp3) is 0.385. The van der Waals surface area contributed by atoms with Crippen LogP contribution in [0.1, 0.15) is 19.4 Å². The number of hydrogen-bond acceptors (Lipinski definition) is 3. The summed E-state index contributed by atoms with van der Waals surface area (Å²) in [4.78, 5) is 19.8. The summed E-state index contributed by atoms with van der Waals surface area (Å²) in [6.45, 7) is 3.65. The second-order valence-electron chi connectivity index (χ2n) is 3.42. The highest BCUT2D eigenvalue weighted by atomic mass is 79.9. The van der Waals surface area contributed by atoms with Gasteiger partial charge in [0, 0.05) is 6.92 Å². The first-order chi connectivity index (χ1) is 8.47. The summed E-state index contributed by atoms with van der Waals surface area (Å²) in [5.41, 5.74) is 1.03. The summed E-state index contributed by atoms with van der Waals surface area (Å²) in [5, 5.41) is 8.60.